The van der Waals surface area contributed by atoms with E-state index in [0.29, 0.717) is 5.82 Å². The van der Waals surface area contributed by atoms with Gasteiger partial charge in [-0.25, -0.2) is 13.4 Å². The Bertz CT molecular complexity index is 992. The van der Waals surface area contributed by atoms with E-state index in [1.165, 1.54) is 0 Å². The van der Waals surface area contributed by atoms with Crippen molar-refractivity contribution in [3.8, 4) is 0 Å². The van der Waals surface area contributed by atoms with E-state index in [9.17, 15) is 13.2 Å². The number of imidazole rings is 1. The van der Waals surface area contributed by atoms with Crippen LogP contribution in [0.2, 0.25) is 0 Å². The van der Waals surface area contributed by atoms with Gasteiger partial charge in [0.25, 0.3) is 0 Å². The summed E-state index contributed by atoms with van der Waals surface area (Å²) >= 11 is 0. The van der Waals surface area contributed by atoms with Crippen LogP contribution in [0.3, 0.4) is 0 Å². The van der Waals surface area contributed by atoms with Crippen molar-refractivity contribution in [1.29, 1.82) is 0 Å². The molecule has 0 unspecified atom stereocenters. The third-order valence-electron chi connectivity index (χ3n) is 3.94. The summed E-state index contributed by atoms with van der Waals surface area (Å²) in [4.78, 5) is 16.5. The monoisotopic (exact) mass is 357 g/mol. The third-order valence-corrected chi connectivity index (χ3v) is 5.67. The molecule has 0 radical (unpaired) electrons. The van der Waals surface area contributed by atoms with E-state index in [0.717, 1.165) is 11.1 Å². The average Bonchev–Trinajstić information content (AvgIpc) is 3.02. The normalized spacial score (nSPS) is 11.6. The lowest BCUT2D eigenvalue weighted by Gasteiger charge is -2.06. The molecule has 0 aliphatic carbocycles. The Morgan fingerprint density at radius 3 is 2.68 bits per heavy atom. The van der Waals surface area contributed by atoms with Gasteiger partial charge >= 0.3 is 0 Å². The first kappa shape index (κ1) is 17.2. The molecule has 2 aromatic heterocycles. The van der Waals surface area contributed by atoms with Gasteiger partial charge in [-0.1, -0.05) is 23.8 Å². The number of nitrogens with one attached hydrogen (secondary N) is 1. The maximum absolute atomic E-state index is 12.3. The van der Waals surface area contributed by atoms with Gasteiger partial charge in [0.15, 0.2) is 9.84 Å². The van der Waals surface area contributed by atoms with Crippen molar-refractivity contribution in [3.05, 3.63) is 66.2 Å². The number of rotatable bonds is 6. The standard InChI is InChI=1S/C18H19N3O3S/c1-14-5-7-16(8-6-14)25(23,24)11-9-18(22)20-13-17-19-12-15-4-2-3-10-21(15)17/h2-8,10,12H,9,11,13H2,1H3,(H,20,22). The second kappa shape index (κ2) is 7.06. The van der Waals surface area contributed by atoms with Crippen LogP contribution in [0.4, 0.5) is 0 Å². The van der Waals surface area contributed by atoms with E-state index in [1.54, 1.807) is 30.5 Å². The highest BCUT2D eigenvalue weighted by atomic mass is 32.2. The van der Waals surface area contributed by atoms with Crippen molar-refractivity contribution in [2.45, 2.75) is 24.8 Å². The lowest BCUT2D eigenvalue weighted by molar-refractivity contribution is -0.120. The van der Waals surface area contributed by atoms with E-state index >= 15 is 0 Å². The molecule has 0 atom stereocenters. The van der Waals surface area contributed by atoms with E-state index in [2.05, 4.69) is 10.3 Å². The lowest BCUT2D eigenvalue weighted by atomic mass is 10.2. The molecule has 3 aromatic rings. The van der Waals surface area contributed by atoms with Crippen LogP contribution in [-0.2, 0) is 21.2 Å². The highest BCUT2D eigenvalue weighted by molar-refractivity contribution is 7.91. The highest BCUT2D eigenvalue weighted by Gasteiger charge is 2.16. The van der Waals surface area contributed by atoms with Gasteiger partial charge in [0, 0.05) is 12.6 Å². The summed E-state index contributed by atoms with van der Waals surface area (Å²) < 4.78 is 26.4. The quantitative estimate of drug-likeness (QED) is 0.733. The van der Waals surface area contributed by atoms with E-state index < -0.39 is 9.84 Å². The topological polar surface area (TPSA) is 80.5 Å². The molecule has 1 aromatic carbocycles. The van der Waals surface area contributed by atoms with Crippen molar-refractivity contribution in [3.63, 3.8) is 0 Å². The fourth-order valence-electron chi connectivity index (χ4n) is 2.49. The maximum atomic E-state index is 12.3. The lowest BCUT2D eigenvalue weighted by Crippen LogP contribution is -2.26. The molecule has 0 aliphatic rings. The summed E-state index contributed by atoms with van der Waals surface area (Å²) in [6, 6.07) is 12.3. The summed E-state index contributed by atoms with van der Waals surface area (Å²) in [7, 11) is -3.46. The molecule has 25 heavy (non-hydrogen) atoms. The Balaban J connectivity index is 1.57. The second-order valence-electron chi connectivity index (χ2n) is 5.83. The van der Waals surface area contributed by atoms with Crippen LogP contribution in [0.25, 0.3) is 5.52 Å². The van der Waals surface area contributed by atoms with Crippen molar-refractivity contribution in [2.24, 2.45) is 0 Å². The zero-order valence-corrected chi connectivity index (χ0v) is 14.7. The minimum atomic E-state index is -3.46. The van der Waals surface area contributed by atoms with E-state index in [4.69, 9.17) is 0 Å². The van der Waals surface area contributed by atoms with Gasteiger partial charge in [0.1, 0.15) is 5.82 Å². The van der Waals surface area contributed by atoms with Gasteiger partial charge < -0.3 is 9.72 Å². The summed E-state index contributed by atoms with van der Waals surface area (Å²) in [5.74, 6) is 0.165. The van der Waals surface area contributed by atoms with Crippen molar-refractivity contribution < 1.29 is 13.2 Å². The van der Waals surface area contributed by atoms with Gasteiger partial charge in [0.05, 0.1) is 28.9 Å². The molecule has 1 amide bonds. The summed E-state index contributed by atoms with van der Waals surface area (Å²) in [6.07, 6.45) is 3.51. The zero-order valence-electron chi connectivity index (χ0n) is 13.8. The number of hydrogen-bond acceptors (Lipinski definition) is 4. The number of pyridine rings is 1. The molecular weight excluding hydrogens is 338 g/mol. The molecule has 0 bridgehead atoms. The Morgan fingerprint density at radius 2 is 1.92 bits per heavy atom. The van der Waals surface area contributed by atoms with Crippen LogP contribution in [0, 0.1) is 6.92 Å². The van der Waals surface area contributed by atoms with E-state index in [1.807, 2.05) is 35.7 Å². The zero-order chi connectivity index (χ0) is 17.9. The van der Waals surface area contributed by atoms with Crippen LogP contribution in [0.5, 0.6) is 0 Å². The van der Waals surface area contributed by atoms with Gasteiger partial charge in [-0.15, -0.1) is 0 Å². The number of fused-ring (bicyclic) bond motifs is 1. The van der Waals surface area contributed by atoms with Crippen LogP contribution in [0.15, 0.2) is 59.8 Å². The molecule has 3 rings (SSSR count). The summed E-state index contributed by atoms with van der Waals surface area (Å²) in [6.45, 7) is 2.14. The van der Waals surface area contributed by atoms with Crippen LogP contribution in [-0.4, -0.2) is 29.5 Å². The molecular formula is C18H19N3O3S. The molecule has 0 aliphatic heterocycles. The fourth-order valence-corrected chi connectivity index (χ4v) is 3.73. The van der Waals surface area contributed by atoms with Crippen molar-refractivity contribution in [2.75, 3.05) is 5.75 Å². The number of carbonyl (C=O) groups is 1. The average molecular weight is 357 g/mol. The van der Waals surface area contributed by atoms with Gasteiger partial charge in [-0.3, -0.25) is 4.79 Å². The predicted octanol–water partition coefficient (Wildman–Crippen LogP) is 2.12. The molecule has 130 valence electrons. The molecule has 1 N–H and O–H groups in total. The van der Waals surface area contributed by atoms with E-state index in [-0.39, 0.29) is 29.5 Å². The van der Waals surface area contributed by atoms with Gasteiger partial charge in [-0.2, -0.15) is 0 Å². The van der Waals surface area contributed by atoms with Gasteiger partial charge in [0.2, 0.25) is 5.91 Å². The second-order valence-corrected chi connectivity index (χ2v) is 7.94. The first-order valence-electron chi connectivity index (χ1n) is 7.93. The smallest absolute Gasteiger partial charge is 0.221 e. The number of hydrogen-bond donors (Lipinski definition) is 1. The maximum Gasteiger partial charge on any atom is 0.221 e. The first-order valence-corrected chi connectivity index (χ1v) is 9.58. The van der Waals surface area contributed by atoms with Gasteiger partial charge in [-0.05, 0) is 31.2 Å². The largest absolute Gasteiger partial charge is 0.349 e. The highest BCUT2D eigenvalue weighted by Crippen LogP contribution is 2.13. The molecule has 0 fully saturated rings. The predicted molar refractivity (Wildman–Crippen MR) is 94.9 cm³/mol. The van der Waals surface area contributed by atoms with Crippen LogP contribution >= 0.6 is 0 Å². The number of sulfone groups is 1. The Labute approximate surface area is 146 Å². The molecule has 2 heterocycles. The Hall–Kier alpha value is -2.67. The number of carbonyl (C=O) groups excluding carboxylic acids is 1. The third kappa shape index (κ3) is 4.06. The number of aryl methyl sites for hydroxylation is 1. The molecule has 7 heteroatoms. The number of nitrogens with zero attached hydrogens (tertiary/aromatic N) is 2. The van der Waals surface area contributed by atoms with Crippen molar-refractivity contribution in [1.82, 2.24) is 14.7 Å². The minimum Gasteiger partial charge on any atom is -0.349 e. The van der Waals surface area contributed by atoms with Crippen LogP contribution < -0.4 is 5.32 Å². The SMILES string of the molecule is Cc1ccc(S(=O)(=O)CCC(=O)NCc2ncc3ccccn23)cc1. The molecule has 0 saturated carbocycles. The number of benzene rings is 1. The Kier molecular flexibility index (Phi) is 4.85. The first-order chi connectivity index (χ1) is 12.0. The number of aromatic nitrogens is 2. The Morgan fingerprint density at radius 1 is 1.16 bits per heavy atom. The fraction of sp³-hybridized carbons (Fsp3) is 0.222. The van der Waals surface area contributed by atoms with Crippen LogP contribution in [0.1, 0.15) is 17.8 Å². The minimum absolute atomic E-state index is 0.0838. The number of amides is 1. The molecule has 0 saturated heterocycles. The molecule has 0 spiro atoms. The van der Waals surface area contributed by atoms with Crippen molar-refractivity contribution >= 4 is 21.3 Å². The summed E-state index contributed by atoms with van der Waals surface area (Å²) in [5, 5.41) is 2.72. The molecule has 6 nitrogen and oxygen atoms in total. The summed E-state index contributed by atoms with van der Waals surface area (Å²) in [5.41, 5.74) is 1.93.